The van der Waals surface area contributed by atoms with Crippen molar-refractivity contribution in [1.29, 1.82) is 0 Å². The Morgan fingerprint density at radius 1 is 0.313 bits per heavy atom. The summed E-state index contributed by atoms with van der Waals surface area (Å²) < 4.78 is 16.8. The van der Waals surface area contributed by atoms with E-state index in [-0.39, 0.29) is 31.1 Å². The van der Waals surface area contributed by atoms with Crippen molar-refractivity contribution in [1.82, 2.24) is 0 Å². The van der Waals surface area contributed by atoms with Crippen molar-refractivity contribution >= 4 is 17.9 Å². The topological polar surface area (TPSA) is 78.9 Å². The Hall–Kier alpha value is -2.89. The fourth-order valence-corrected chi connectivity index (χ4v) is 8.11. The molecule has 0 aromatic carbocycles. The van der Waals surface area contributed by atoms with Gasteiger partial charge < -0.3 is 14.2 Å². The molecule has 0 spiro atoms. The molecule has 1 atom stereocenters. The van der Waals surface area contributed by atoms with Crippen molar-refractivity contribution in [3.63, 3.8) is 0 Å². The first-order valence-corrected chi connectivity index (χ1v) is 28.8. The second-order valence-electron chi connectivity index (χ2n) is 19.2. The van der Waals surface area contributed by atoms with Gasteiger partial charge in [0.25, 0.3) is 0 Å². The fourth-order valence-electron chi connectivity index (χ4n) is 8.11. The molecule has 0 saturated carbocycles. The summed E-state index contributed by atoms with van der Waals surface area (Å²) >= 11 is 0. The lowest BCUT2D eigenvalue weighted by Crippen LogP contribution is -2.30. The largest absolute Gasteiger partial charge is 0.462 e. The molecule has 0 aliphatic carbocycles. The van der Waals surface area contributed by atoms with Crippen molar-refractivity contribution in [2.45, 2.75) is 297 Å². The first-order valence-electron chi connectivity index (χ1n) is 28.8. The highest BCUT2D eigenvalue weighted by atomic mass is 16.6. The minimum absolute atomic E-state index is 0.0895. The third-order valence-corrected chi connectivity index (χ3v) is 12.5. The van der Waals surface area contributed by atoms with E-state index in [0.29, 0.717) is 19.3 Å². The summed E-state index contributed by atoms with van der Waals surface area (Å²) in [6.45, 7) is 6.59. The lowest BCUT2D eigenvalue weighted by atomic mass is 10.1. The van der Waals surface area contributed by atoms with Gasteiger partial charge in [-0.2, -0.15) is 0 Å². The first kappa shape index (κ1) is 64.1. The molecule has 6 nitrogen and oxygen atoms in total. The van der Waals surface area contributed by atoms with Gasteiger partial charge in [-0.15, -0.1) is 0 Å². The van der Waals surface area contributed by atoms with Gasteiger partial charge in [-0.05, 0) is 103 Å². The monoisotopic (exact) mass is 937 g/mol. The molecule has 388 valence electrons. The molecule has 0 radical (unpaired) electrons. The van der Waals surface area contributed by atoms with Crippen molar-refractivity contribution in [3.8, 4) is 0 Å². The van der Waals surface area contributed by atoms with Crippen LogP contribution in [0.15, 0.2) is 60.8 Å². The van der Waals surface area contributed by atoms with E-state index in [9.17, 15) is 14.4 Å². The number of ether oxygens (including phenoxy) is 3. The highest BCUT2D eigenvalue weighted by molar-refractivity contribution is 5.71. The minimum Gasteiger partial charge on any atom is -0.462 e. The van der Waals surface area contributed by atoms with Gasteiger partial charge in [0.05, 0.1) is 0 Å². The standard InChI is InChI=1S/C61H108O6/c1-4-7-10-13-16-19-22-25-28-30-32-33-36-39-42-45-48-51-54-60(63)66-57-58(56-65-59(62)53-50-47-44-41-38-35-27-24-21-18-15-12-9-6-3)67-61(64)55-52-49-46-43-40-37-34-31-29-26-23-20-17-14-11-8-5-2/h17,20,26,28-30,32-33,35,38,58H,4-16,18-19,21-25,27,31,34,36-37,39-57H2,1-3H3/b20-17-,29-26-,30-28-,33-32-,38-35-. The molecular formula is C61H108O6. The van der Waals surface area contributed by atoms with Crippen LogP contribution in [0, 0.1) is 0 Å². The Morgan fingerprint density at radius 2 is 0.582 bits per heavy atom. The van der Waals surface area contributed by atoms with Gasteiger partial charge in [0.2, 0.25) is 0 Å². The maximum absolute atomic E-state index is 12.8. The van der Waals surface area contributed by atoms with Crippen molar-refractivity contribution in [2.75, 3.05) is 13.2 Å². The van der Waals surface area contributed by atoms with Crippen LogP contribution in [0.3, 0.4) is 0 Å². The number of esters is 3. The van der Waals surface area contributed by atoms with Gasteiger partial charge in [0.15, 0.2) is 6.10 Å². The van der Waals surface area contributed by atoms with Gasteiger partial charge in [0.1, 0.15) is 13.2 Å². The second-order valence-corrected chi connectivity index (χ2v) is 19.2. The van der Waals surface area contributed by atoms with E-state index in [2.05, 4.69) is 81.5 Å². The number of unbranched alkanes of at least 4 members (excludes halogenated alkanes) is 32. The molecule has 0 saturated heterocycles. The fraction of sp³-hybridized carbons (Fsp3) is 0.787. The number of allylic oxidation sites excluding steroid dienone is 10. The molecule has 6 heteroatoms. The molecule has 67 heavy (non-hydrogen) atoms. The van der Waals surface area contributed by atoms with Crippen LogP contribution in [0.2, 0.25) is 0 Å². The van der Waals surface area contributed by atoms with Gasteiger partial charge in [-0.3, -0.25) is 14.4 Å². The van der Waals surface area contributed by atoms with E-state index in [4.69, 9.17) is 14.2 Å². The molecule has 1 unspecified atom stereocenters. The number of carbonyl (C=O) groups excluding carboxylic acids is 3. The Kier molecular flexibility index (Phi) is 53.3. The van der Waals surface area contributed by atoms with Crippen LogP contribution in [0.1, 0.15) is 290 Å². The molecule has 0 aromatic heterocycles. The van der Waals surface area contributed by atoms with Gasteiger partial charge in [0, 0.05) is 19.3 Å². The van der Waals surface area contributed by atoms with E-state index in [1.54, 1.807) is 0 Å². The van der Waals surface area contributed by atoms with E-state index in [1.165, 1.54) is 148 Å². The van der Waals surface area contributed by atoms with E-state index >= 15 is 0 Å². The third kappa shape index (κ3) is 53.9. The smallest absolute Gasteiger partial charge is 0.306 e. The highest BCUT2D eigenvalue weighted by Gasteiger charge is 2.19. The Bertz CT molecular complexity index is 1210. The molecule has 0 aromatic rings. The van der Waals surface area contributed by atoms with Crippen LogP contribution in [-0.2, 0) is 28.6 Å². The maximum Gasteiger partial charge on any atom is 0.306 e. The predicted octanol–water partition coefficient (Wildman–Crippen LogP) is 19.2. The van der Waals surface area contributed by atoms with Gasteiger partial charge >= 0.3 is 17.9 Å². The van der Waals surface area contributed by atoms with Crippen molar-refractivity contribution in [3.05, 3.63) is 60.8 Å². The number of carbonyl (C=O) groups is 3. The van der Waals surface area contributed by atoms with E-state index < -0.39 is 6.10 Å². The Labute approximate surface area is 415 Å². The quantitative estimate of drug-likeness (QED) is 0.0199. The molecule has 0 aliphatic heterocycles. The van der Waals surface area contributed by atoms with Crippen LogP contribution in [0.25, 0.3) is 0 Å². The summed E-state index contributed by atoms with van der Waals surface area (Å²) in [5.41, 5.74) is 0. The molecule has 0 bridgehead atoms. The second kappa shape index (κ2) is 55.7. The van der Waals surface area contributed by atoms with E-state index in [1.807, 2.05) is 0 Å². The number of hydrogen-bond donors (Lipinski definition) is 0. The summed E-state index contributed by atoms with van der Waals surface area (Å²) in [5.74, 6) is -0.917. The zero-order valence-corrected chi connectivity index (χ0v) is 44.4. The SMILES string of the molecule is CCCCC/C=C\C/C=C\CCCCCCCCCC(=O)OC(COC(=O)CCCCC/C=C\CCCCCCCCC)COC(=O)CCCCCCC/C=C\C=C/CCCCCCCCC. The highest BCUT2D eigenvalue weighted by Crippen LogP contribution is 2.15. The summed E-state index contributed by atoms with van der Waals surface area (Å²) in [5, 5.41) is 0. The zero-order chi connectivity index (χ0) is 48.6. The number of rotatable bonds is 52. The Balaban J connectivity index is 4.42. The molecule has 0 heterocycles. The lowest BCUT2D eigenvalue weighted by molar-refractivity contribution is -0.167. The summed E-state index contributed by atoms with van der Waals surface area (Å²) in [4.78, 5) is 38.1. The van der Waals surface area contributed by atoms with Crippen LogP contribution >= 0.6 is 0 Å². The van der Waals surface area contributed by atoms with Crippen molar-refractivity contribution in [2.24, 2.45) is 0 Å². The first-order chi connectivity index (χ1) is 33.0. The molecule has 0 N–H and O–H groups in total. The van der Waals surface area contributed by atoms with Crippen LogP contribution in [0.5, 0.6) is 0 Å². The van der Waals surface area contributed by atoms with Crippen LogP contribution in [0.4, 0.5) is 0 Å². The summed E-state index contributed by atoms with van der Waals surface area (Å²) in [6.07, 6.45) is 69.2. The van der Waals surface area contributed by atoms with Crippen molar-refractivity contribution < 1.29 is 28.6 Å². The summed E-state index contributed by atoms with van der Waals surface area (Å²) in [7, 11) is 0. The maximum atomic E-state index is 12.8. The minimum atomic E-state index is -0.791. The van der Waals surface area contributed by atoms with Gasteiger partial charge in [-0.25, -0.2) is 0 Å². The molecule has 0 aliphatic rings. The zero-order valence-electron chi connectivity index (χ0n) is 44.4. The normalized spacial score (nSPS) is 12.5. The van der Waals surface area contributed by atoms with Crippen LogP contribution < -0.4 is 0 Å². The van der Waals surface area contributed by atoms with Gasteiger partial charge in [-0.1, -0.05) is 229 Å². The average molecular weight is 938 g/mol. The molecule has 0 fully saturated rings. The Morgan fingerprint density at radius 3 is 0.970 bits per heavy atom. The van der Waals surface area contributed by atoms with Crippen LogP contribution in [-0.4, -0.2) is 37.2 Å². The number of hydrogen-bond acceptors (Lipinski definition) is 6. The molecular weight excluding hydrogens is 829 g/mol. The molecule has 0 amide bonds. The third-order valence-electron chi connectivity index (χ3n) is 12.5. The van der Waals surface area contributed by atoms with E-state index in [0.717, 1.165) is 103 Å². The lowest BCUT2D eigenvalue weighted by Gasteiger charge is -2.18. The predicted molar refractivity (Wildman–Crippen MR) is 288 cm³/mol. The average Bonchev–Trinajstić information content (AvgIpc) is 3.33. The molecule has 0 rings (SSSR count). The summed E-state index contributed by atoms with van der Waals surface area (Å²) in [6, 6.07) is 0.